The van der Waals surface area contributed by atoms with E-state index in [0.717, 1.165) is 18.2 Å². The molecule has 100 valence electrons. The fraction of sp³-hybridized carbons (Fsp3) is 0.200. The van der Waals surface area contributed by atoms with Gasteiger partial charge in [0.1, 0.15) is 17.5 Å². The van der Waals surface area contributed by atoms with Crippen molar-refractivity contribution < 1.29 is 13.2 Å². The molecule has 1 atom stereocenters. The van der Waals surface area contributed by atoms with Gasteiger partial charge in [-0.25, -0.2) is 13.2 Å². The summed E-state index contributed by atoms with van der Waals surface area (Å²) in [5.74, 6) is -1.28. The number of halogens is 3. The Morgan fingerprint density at radius 3 is 2.26 bits per heavy atom. The molecule has 0 heterocycles. The molecule has 2 rings (SSSR count). The maximum atomic E-state index is 13.6. The molecule has 2 aromatic carbocycles. The van der Waals surface area contributed by atoms with Gasteiger partial charge in [-0.2, -0.15) is 0 Å². The summed E-state index contributed by atoms with van der Waals surface area (Å²) in [6.07, 6.45) is 0. The zero-order valence-corrected chi connectivity index (χ0v) is 10.7. The molecule has 0 radical (unpaired) electrons. The smallest absolute Gasteiger partial charge is 0.128 e. The molecule has 0 bridgehead atoms. The highest BCUT2D eigenvalue weighted by molar-refractivity contribution is 5.52. The zero-order valence-electron chi connectivity index (χ0n) is 10.7. The first-order chi connectivity index (χ1) is 8.97. The van der Waals surface area contributed by atoms with Crippen molar-refractivity contribution in [2.75, 3.05) is 5.32 Å². The lowest BCUT2D eigenvalue weighted by molar-refractivity contribution is 0.577. The largest absolute Gasteiger partial charge is 0.378 e. The molecule has 19 heavy (non-hydrogen) atoms. The molecule has 0 saturated heterocycles. The molecule has 0 aliphatic carbocycles. The van der Waals surface area contributed by atoms with E-state index in [1.54, 1.807) is 19.9 Å². The molecule has 0 aliphatic rings. The maximum absolute atomic E-state index is 13.6. The Morgan fingerprint density at radius 2 is 1.58 bits per heavy atom. The Balaban J connectivity index is 2.25. The van der Waals surface area contributed by atoms with Crippen LogP contribution in [0, 0.1) is 24.4 Å². The Bertz CT molecular complexity index is 596. The van der Waals surface area contributed by atoms with E-state index in [1.807, 2.05) is 0 Å². The molecule has 0 aliphatic heterocycles. The predicted octanol–water partition coefficient (Wildman–Crippen LogP) is 4.59. The molecule has 0 fully saturated rings. The van der Waals surface area contributed by atoms with Crippen LogP contribution in [0.4, 0.5) is 18.9 Å². The Morgan fingerprint density at radius 1 is 0.947 bits per heavy atom. The molecule has 0 spiro atoms. The van der Waals surface area contributed by atoms with Crippen molar-refractivity contribution in [2.24, 2.45) is 0 Å². The van der Waals surface area contributed by atoms with Crippen molar-refractivity contribution in [2.45, 2.75) is 19.9 Å². The molecule has 1 unspecified atom stereocenters. The summed E-state index contributed by atoms with van der Waals surface area (Å²) in [4.78, 5) is 0. The van der Waals surface area contributed by atoms with E-state index in [0.29, 0.717) is 11.3 Å². The van der Waals surface area contributed by atoms with E-state index in [2.05, 4.69) is 5.32 Å². The molecule has 1 nitrogen and oxygen atoms in total. The topological polar surface area (TPSA) is 12.0 Å². The van der Waals surface area contributed by atoms with Crippen molar-refractivity contribution in [3.8, 4) is 0 Å². The molecular weight excluding hydrogens is 251 g/mol. The summed E-state index contributed by atoms with van der Waals surface area (Å²) in [7, 11) is 0. The summed E-state index contributed by atoms with van der Waals surface area (Å²) in [5.41, 5.74) is 1.64. The lowest BCUT2D eigenvalue weighted by atomic mass is 10.1. The highest BCUT2D eigenvalue weighted by atomic mass is 19.1. The standard InChI is InChI=1S/C15H14F3N/c1-9-7-11(16)4-6-15(9)19-10(2)13-8-12(17)3-5-14(13)18/h3-8,10,19H,1-2H3. The predicted molar refractivity (Wildman–Crippen MR) is 69.5 cm³/mol. The number of benzene rings is 2. The second-order valence-electron chi connectivity index (χ2n) is 4.49. The molecule has 0 saturated carbocycles. The number of anilines is 1. The highest BCUT2D eigenvalue weighted by Gasteiger charge is 2.13. The molecule has 4 heteroatoms. The fourth-order valence-electron chi connectivity index (χ4n) is 1.95. The van der Waals surface area contributed by atoms with Gasteiger partial charge in [-0.3, -0.25) is 0 Å². The van der Waals surface area contributed by atoms with E-state index in [1.165, 1.54) is 12.1 Å². The van der Waals surface area contributed by atoms with Gasteiger partial charge in [0.05, 0.1) is 6.04 Å². The summed E-state index contributed by atoms with van der Waals surface area (Å²) in [6.45, 7) is 3.47. The molecule has 0 aromatic heterocycles. The minimum absolute atomic E-state index is 0.240. The third-order valence-electron chi connectivity index (χ3n) is 2.99. The van der Waals surface area contributed by atoms with Gasteiger partial charge in [-0.15, -0.1) is 0 Å². The number of aryl methyl sites for hydroxylation is 1. The van der Waals surface area contributed by atoms with Gasteiger partial charge in [0, 0.05) is 11.3 Å². The van der Waals surface area contributed by atoms with Gasteiger partial charge >= 0.3 is 0 Å². The third-order valence-corrected chi connectivity index (χ3v) is 2.99. The van der Waals surface area contributed by atoms with Gasteiger partial charge in [0.25, 0.3) is 0 Å². The quantitative estimate of drug-likeness (QED) is 0.856. The van der Waals surface area contributed by atoms with E-state index in [9.17, 15) is 13.2 Å². The van der Waals surface area contributed by atoms with Crippen LogP contribution in [0.2, 0.25) is 0 Å². The van der Waals surface area contributed by atoms with Crippen LogP contribution in [0.25, 0.3) is 0 Å². The first-order valence-electron chi connectivity index (χ1n) is 5.95. The summed E-state index contributed by atoms with van der Waals surface area (Å²) >= 11 is 0. The van der Waals surface area contributed by atoms with Gasteiger partial charge in [-0.05, 0) is 55.8 Å². The second-order valence-corrected chi connectivity index (χ2v) is 4.49. The number of hydrogen-bond donors (Lipinski definition) is 1. The van der Waals surface area contributed by atoms with E-state index in [-0.39, 0.29) is 11.4 Å². The van der Waals surface area contributed by atoms with Crippen LogP contribution in [0.5, 0.6) is 0 Å². The maximum Gasteiger partial charge on any atom is 0.128 e. The van der Waals surface area contributed by atoms with Crippen molar-refractivity contribution in [1.29, 1.82) is 0 Å². The summed E-state index contributed by atoms with van der Waals surface area (Å²) < 4.78 is 39.7. The van der Waals surface area contributed by atoms with E-state index >= 15 is 0 Å². The number of nitrogens with one attached hydrogen (secondary N) is 1. The SMILES string of the molecule is Cc1cc(F)ccc1NC(C)c1cc(F)ccc1F. The monoisotopic (exact) mass is 265 g/mol. The Kier molecular flexibility index (Phi) is 3.79. The Labute approximate surface area is 110 Å². The van der Waals surface area contributed by atoms with E-state index < -0.39 is 17.7 Å². The first kappa shape index (κ1) is 13.5. The Hall–Kier alpha value is -1.97. The minimum Gasteiger partial charge on any atom is -0.378 e. The van der Waals surface area contributed by atoms with Gasteiger partial charge < -0.3 is 5.32 Å². The van der Waals surface area contributed by atoms with Crippen LogP contribution in [0.1, 0.15) is 24.1 Å². The van der Waals surface area contributed by atoms with Crippen molar-refractivity contribution >= 4 is 5.69 Å². The normalized spacial score (nSPS) is 12.3. The second kappa shape index (κ2) is 5.34. The number of rotatable bonds is 3. The molecule has 1 N–H and O–H groups in total. The van der Waals surface area contributed by atoms with Crippen molar-refractivity contribution in [1.82, 2.24) is 0 Å². The summed E-state index contributed by atoms with van der Waals surface area (Å²) in [6, 6.07) is 7.21. The lowest BCUT2D eigenvalue weighted by Crippen LogP contribution is -2.10. The molecule has 2 aromatic rings. The van der Waals surface area contributed by atoms with Crippen molar-refractivity contribution in [3.63, 3.8) is 0 Å². The van der Waals surface area contributed by atoms with Crippen molar-refractivity contribution in [3.05, 3.63) is 65.0 Å². The average Bonchev–Trinajstić information content (AvgIpc) is 2.35. The lowest BCUT2D eigenvalue weighted by Gasteiger charge is -2.18. The zero-order chi connectivity index (χ0) is 14.0. The molecule has 0 amide bonds. The van der Waals surface area contributed by atoms with Crippen LogP contribution in [0.15, 0.2) is 36.4 Å². The van der Waals surface area contributed by atoms with Gasteiger partial charge in [-0.1, -0.05) is 0 Å². The van der Waals surface area contributed by atoms with Gasteiger partial charge in [0.2, 0.25) is 0 Å². The van der Waals surface area contributed by atoms with Crippen LogP contribution < -0.4 is 5.32 Å². The fourth-order valence-corrected chi connectivity index (χ4v) is 1.95. The van der Waals surface area contributed by atoms with Crippen LogP contribution in [-0.2, 0) is 0 Å². The third kappa shape index (κ3) is 3.08. The highest BCUT2D eigenvalue weighted by Crippen LogP contribution is 2.24. The first-order valence-corrected chi connectivity index (χ1v) is 5.95. The molecular formula is C15H14F3N. The summed E-state index contributed by atoms with van der Waals surface area (Å²) in [5, 5.41) is 3.05. The average molecular weight is 265 g/mol. The number of hydrogen-bond acceptors (Lipinski definition) is 1. The van der Waals surface area contributed by atoms with Crippen LogP contribution in [-0.4, -0.2) is 0 Å². The van der Waals surface area contributed by atoms with Gasteiger partial charge in [0.15, 0.2) is 0 Å². The minimum atomic E-state index is -0.485. The van der Waals surface area contributed by atoms with Crippen LogP contribution in [0.3, 0.4) is 0 Å². The van der Waals surface area contributed by atoms with E-state index in [4.69, 9.17) is 0 Å². The van der Waals surface area contributed by atoms with Crippen LogP contribution >= 0.6 is 0 Å².